The summed E-state index contributed by atoms with van der Waals surface area (Å²) >= 11 is 9.89. The molecule has 3 rings (SSSR count). The second kappa shape index (κ2) is 4.71. The number of thiophene rings is 1. The van der Waals surface area contributed by atoms with Crippen LogP contribution in [0, 0.1) is 10.5 Å². The summed E-state index contributed by atoms with van der Waals surface area (Å²) in [6, 6.07) is 4.04. The fourth-order valence-electron chi connectivity index (χ4n) is 1.62. The Morgan fingerprint density at radius 1 is 1.33 bits per heavy atom. The number of hydrogen-bond acceptors (Lipinski definition) is 4. The van der Waals surface area contributed by atoms with Crippen molar-refractivity contribution in [3.63, 3.8) is 0 Å². The van der Waals surface area contributed by atoms with Crippen LogP contribution in [0.15, 0.2) is 23.7 Å². The zero-order valence-corrected chi connectivity index (χ0v) is 13.0. The van der Waals surface area contributed by atoms with Crippen molar-refractivity contribution in [1.82, 2.24) is 15.0 Å². The van der Waals surface area contributed by atoms with Crippen LogP contribution in [0.5, 0.6) is 0 Å². The Bertz CT molecular complexity index is 718. The first-order chi connectivity index (χ1) is 8.65. The molecule has 0 saturated heterocycles. The summed E-state index contributed by atoms with van der Waals surface area (Å²) in [5.74, 6) is 0.626. The number of pyridine rings is 1. The van der Waals surface area contributed by atoms with Crippen molar-refractivity contribution in [3.05, 3.63) is 38.1 Å². The predicted octanol–water partition coefficient (Wildman–Crippen LogP) is 4.32. The fourth-order valence-corrected chi connectivity index (χ4v) is 2.86. The van der Waals surface area contributed by atoms with E-state index in [1.807, 2.05) is 24.4 Å². The summed E-state index contributed by atoms with van der Waals surface area (Å²) in [4.78, 5) is 13.1. The first-order valence-electron chi connectivity index (χ1n) is 5.18. The number of halogens is 2. The van der Waals surface area contributed by atoms with Crippen LogP contribution in [-0.4, -0.2) is 15.0 Å². The highest BCUT2D eigenvalue weighted by Gasteiger charge is 2.10. The summed E-state index contributed by atoms with van der Waals surface area (Å²) in [6.45, 7) is 1.93. The lowest BCUT2D eigenvalue weighted by Crippen LogP contribution is -1.96. The molecule has 0 atom stereocenters. The van der Waals surface area contributed by atoms with E-state index in [1.54, 1.807) is 17.5 Å². The molecule has 0 fully saturated rings. The minimum atomic E-state index is 0.490. The van der Waals surface area contributed by atoms with Crippen LogP contribution in [0.3, 0.4) is 0 Å². The van der Waals surface area contributed by atoms with Gasteiger partial charge in [-0.15, -0.1) is 11.3 Å². The largest absolute Gasteiger partial charge is 0.255 e. The van der Waals surface area contributed by atoms with E-state index in [0.29, 0.717) is 11.0 Å². The van der Waals surface area contributed by atoms with E-state index in [9.17, 15) is 0 Å². The minimum absolute atomic E-state index is 0.490. The van der Waals surface area contributed by atoms with Gasteiger partial charge in [-0.3, -0.25) is 4.98 Å². The van der Waals surface area contributed by atoms with E-state index in [2.05, 4.69) is 37.5 Å². The number of aryl methyl sites for hydroxylation is 1. The lowest BCUT2D eigenvalue weighted by atomic mass is 10.2. The van der Waals surface area contributed by atoms with Crippen LogP contribution in [0.25, 0.3) is 21.6 Å². The molecule has 3 aromatic rings. The molecule has 3 nitrogen and oxygen atoms in total. The van der Waals surface area contributed by atoms with Gasteiger partial charge in [0.05, 0.1) is 19.5 Å². The Labute approximate surface area is 126 Å². The summed E-state index contributed by atoms with van der Waals surface area (Å²) < 4.78 is 2.02. The van der Waals surface area contributed by atoms with Crippen LogP contribution in [0.2, 0.25) is 5.15 Å². The highest BCUT2D eigenvalue weighted by atomic mass is 127. The Morgan fingerprint density at radius 2 is 2.17 bits per heavy atom. The Morgan fingerprint density at radius 3 is 2.94 bits per heavy atom. The molecule has 0 bridgehead atoms. The van der Waals surface area contributed by atoms with E-state index < -0.39 is 0 Å². The van der Waals surface area contributed by atoms with Crippen molar-refractivity contribution in [2.75, 3.05) is 0 Å². The van der Waals surface area contributed by atoms with Crippen molar-refractivity contribution in [1.29, 1.82) is 0 Å². The average Bonchev–Trinajstić information content (AvgIpc) is 2.82. The fraction of sp³-hybridized carbons (Fsp3) is 0.0833. The SMILES string of the molecule is Cc1nc(-c2cnc3ccsc3c2)nc(Cl)c1I. The Kier molecular flexibility index (Phi) is 3.21. The molecule has 0 spiro atoms. The maximum absolute atomic E-state index is 6.09. The maximum atomic E-state index is 6.09. The maximum Gasteiger partial charge on any atom is 0.162 e. The zero-order valence-electron chi connectivity index (χ0n) is 9.32. The van der Waals surface area contributed by atoms with Gasteiger partial charge >= 0.3 is 0 Å². The first-order valence-corrected chi connectivity index (χ1v) is 7.52. The third-order valence-corrected chi connectivity index (χ3v) is 5.27. The van der Waals surface area contributed by atoms with Gasteiger partial charge in [0.15, 0.2) is 5.82 Å². The van der Waals surface area contributed by atoms with Gasteiger partial charge in [-0.25, -0.2) is 9.97 Å². The standard InChI is InChI=1S/C12H7ClIN3S/c1-6-10(14)11(13)17-12(16-6)7-4-9-8(15-5-7)2-3-18-9/h2-5H,1H3. The van der Waals surface area contributed by atoms with Crippen LogP contribution >= 0.6 is 45.5 Å². The van der Waals surface area contributed by atoms with Gasteiger partial charge in [0, 0.05) is 11.8 Å². The minimum Gasteiger partial charge on any atom is -0.255 e. The van der Waals surface area contributed by atoms with Crippen LogP contribution in [-0.2, 0) is 0 Å². The first kappa shape index (κ1) is 12.3. The smallest absolute Gasteiger partial charge is 0.162 e. The second-order valence-corrected chi connectivity index (χ2v) is 6.15. The molecule has 0 unspecified atom stereocenters. The monoisotopic (exact) mass is 387 g/mol. The van der Waals surface area contributed by atoms with Crippen LogP contribution < -0.4 is 0 Å². The highest BCUT2D eigenvalue weighted by Crippen LogP contribution is 2.26. The molecule has 0 aliphatic rings. The number of rotatable bonds is 1. The molecule has 0 amide bonds. The Hall–Kier alpha value is -0.790. The third-order valence-electron chi connectivity index (χ3n) is 2.54. The van der Waals surface area contributed by atoms with E-state index in [-0.39, 0.29) is 0 Å². The highest BCUT2D eigenvalue weighted by molar-refractivity contribution is 14.1. The third kappa shape index (κ3) is 2.10. The molecule has 18 heavy (non-hydrogen) atoms. The van der Waals surface area contributed by atoms with Crippen molar-refractivity contribution < 1.29 is 0 Å². The molecule has 6 heteroatoms. The molecule has 3 aromatic heterocycles. The van der Waals surface area contributed by atoms with Crippen molar-refractivity contribution >= 4 is 55.7 Å². The topological polar surface area (TPSA) is 38.7 Å². The molecular formula is C12H7ClIN3S. The van der Waals surface area contributed by atoms with E-state index in [1.165, 1.54) is 0 Å². The van der Waals surface area contributed by atoms with E-state index >= 15 is 0 Å². The molecule has 3 heterocycles. The number of aromatic nitrogens is 3. The molecule has 0 aliphatic heterocycles. The number of nitrogens with zero attached hydrogens (tertiary/aromatic N) is 3. The molecule has 0 radical (unpaired) electrons. The van der Waals surface area contributed by atoms with Gasteiger partial charge in [0.2, 0.25) is 0 Å². The van der Waals surface area contributed by atoms with Gasteiger partial charge in [-0.2, -0.15) is 0 Å². The predicted molar refractivity (Wildman–Crippen MR) is 83.1 cm³/mol. The normalized spacial score (nSPS) is 11.1. The van der Waals surface area contributed by atoms with E-state index in [0.717, 1.165) is 25.0 Å². The lowest BCUT2D eigenvalue weighted by Gasteiger charge is -2.04. The zero-order chi connectivity index (χ0) is 12.7. The quantitative estimate of drug-likeness (QED) is 0.461. The lowest BCUT2D eigenvalue weighted by molar-refractivity contribution is 1.09. The van der Waals surface area contributed by atoms with Crippen LogP contribution in [0.1, 0.15) is 5.69 Å². The molecule has 90 valence electrons. The summed E-state index contributed by atoms with van der Waals surface area (Å²) in [5, 5.41) is 2.51. The summed E-state index contributed by atoms with van der Waals surface area (Å²) in [7, 11) is 0. The average molecular weight is 388 g/mol. The molecule has 0 aromatic carbocycles. The second-order valence-electron chi connectivity index (χ2n) is 3.77. The van der Waals surface area contributed by atoms with Crippen molar-refractivity contribution in [3.8, 4) is 11.4 Å². The van der Waals surface area contributed by atoms with Crippen LogP contribution in [0.4, 0.5) is 0 Å². The van der Waals surface area contributed by atoms with E-state index in [4.69, 9.17) is 11.6 Å². The number of fused-ring (bicyclic) bond motifs is 1. The van der Waals surface area contributed by atoms with Crippen molar-refractivity contribution in [2.45, 2.75) is 6.92 Å². The summed E-state index contributed by atoms with van der Waals surface area (Å²) in [5.41, 5.74) is 2.78. The van der Waals surface area contributed by atoms with Gasteiger partial charge < -0.3 is 0 Å². The molecular weight excluding hydrogens is 381 g/mol. The van der Waals surface area contributed by atoms with Gasteiger partial charge in [0.25, 0.3) is 0 Å². The number of hydrogen-bond donors (Lipinski definition) is 0. The van der Waals surface area contributed by atoms with Gasteiger partial charge in [-0.1, -0.05) is 11.6 Å². The summed E-state index contributed by atoms with van der Waals surface area (Å²) in [6.07, 6.45) is 1.78. The van der Waals surface area contributed by atoms with Gasteiger partial charge in [-0.05, 0) is 47.0 Å². The molecule has 0 N–H and O–H groups in total. The van der Waals surface area contributed by atoms with Crippen molar-refractivity contribution in [2.24, 2.45) is 0 Å². The van der Waals surface area contributed by atoms with Gasteiger partial charge in [0.1, 0.15) is 5.15 Å². The Balaban J connectivity index is 2.19. The molecule has 0 saturated carbocycles. The molecule has 0 aliphatic carbocycles.